The summed E-state index contributed by atoms with van der Waals surface area (Å²) in [5.41, 5.74) is 5.21. The lowest BCUT2D eigenvalue weighted by molar-refractivity contribution is -0.121. The second-order valence-corrected chi connectivity index (χ2v) is 4.39. The van der Waals surface area contributed by atoms with Gasteiger partial charge >= 0.3 is 0 Å². The van der Waals surface area contributed by atoms with Gasteiger partial charge in [-0.1, -0.05) is 6.07 Å². The van der Waals surface area contributed by atoms with E-state index in [0.29, 0.717) is 0 Å². The molecule has 0 fully saturated rings. The van der Waals surface area contributed by atoms with Crippen molar-refractivity contribution in [3.63, 3.8) is 0 Å². The maximum Gasteiger partial charge on any atom is 0.227 e. The molecule has 0 aliphatic rings. The number of methoxy groups -OCH3 is 1. The molecule has 0 radical (unpaired) electrons. The van der Waals surface area contributed by atoms with Gasteiger partial charge in [-0.3, -0.25) is 4.79 Å². The highest BCUT2D eigenvalue weighted by molar-refractivity contribution is 5.94. The lowest BCUT2D eigenvalue weighted by Gasteiger charge is -2.22. The third-order valence-corrected chi connectivity index (χ3v) is 2.45. The van der Waals surface area contributed by atoms with Crippen molar-refractivity contribution in [3.05, 3.63) is 24.0 Å². The Hall–Kier alpha value is -1.62. The van der Waals surface area contributed by atoms with Crippen LogP contribution in [0.4, 0.5) is 15.8 Å². The summed E-state index contributed by atoms with van der Waals surface area (Å²) in [6.45, 7) is 3.55. The van der Waals surface area contributed by atoms with Crippen molar-refractivity contribution in [1.29, 1.82) is 0 Å². The van der Waals surface area contributed by atoms with Crippen LogP contribution in [0.1, 0.15) is 20.3 Å². The molecule has 0 atom stereocenters. The Morgan fingerprint density at radius 2 is 2.18 bits per heavy atom. The number of hydrogen-bond donors (Lipinski definition) is 2. The molecular formula is C12H17FN2O2. The zero-order chi connectivity index (χ0) is 13.1. The molecule has 0 heterocycles. The van der Waals surface area contributed by atoms with E-state index < -0.39 is 11.4 Å². The van der Waals surface area contributed by atoms with E-state index in [4.69, 9.17) is 10.5 Å². The summed E-state index contributed by atoms with van der Waals surface area (Å²) < 4.78 is 18.5. The van der Waals surface area contributed by atoms with E-state index in [1.807, 2.05) is 0 Å². The number of nitrogens with one attached hydrogen (secondary N) is 1. The van der Waals surface area contributed by atoms with Gasteiger partial charge in [-0.15, -0.1) is 0 Å². The smallest absolute Gasteiger partial charge is 0.227 e. The summed E-state index contributed by atoms with van der Waals surface area (Å²) in [6.07, 6.45) is 0.122. The molecule has 1 aromatic carbocycles. The fourth-order valence-electron chi connectivity index (χ4n) is 1.32. The van der Waals surface area contributed by atoms with Gasteiger partial charge < -0.3 is 15.8 Å². The van der Waals surface area contributed by atoms with Crippen molar-refractivity contribution in [3.8, 4) is 0 Å². The van der Waals surface area contributed by atoms with Gasteiger partial charge in [-0.25, -0.2) is 4.39 Å². The van der Waals surface area contributed by atoms with Crippen LogP contribution in [0.15, 0.2) is 18.2 Å². The van der Waals surface area contributed by atoms with Gasteiger partial charge in [-0.05, 0) is 26.0 Å². The number of rotatable bonds is 4. The minimum Gasteiger partial charge on any atom is -0.397 e. The number of carbonyl (C=O) groups is 1. The van der Waals surface area contributed by atoms with Gasteiger partial charge in [0.1, 0.15) is 11.5 Å². The number of halogens is 1. The van der Waals surface area contributed by atoms with Gasteiger partial charge in [-0.2, -0.15) is 0 Å². The van der Waals surface area contributed by atoms with Crippen molar-refractivity contribution in [1.82, 2.24) is 0 Å². The molecule has 0 aliphatic carbocycles. The van der Waals surface area contributed by atoms with Crippen LogP contribution in [0, 0.1) is 5.82 Å². The Morgan fingerprint density at radius 3 is 2.71 bits per heavy atom. The summed E-state index contributed by atoms with van der Waals surface area (Å²) in [4.78, 5) is 11.7. The molecule has 0 aliphatic heterocycles. The van der Waals surface area contributed by atoms with Crippen molar-refractivity contribution in [2.45, 2.75) is 25.9 Å². The monoisotopic (exact) mass is 240 g/mol. The van der Waals surface area contributed by atoms with E-state index >= 15 is 0 Å². The van der Waals surface area contributed by atoms with Crippen molar-refractivity contribution >= 4 is 17.3 Å². The third kappa shape index (κ3) is 3.71. The summed E-state index contributed by atoms with van der Waals surface area (Å²) in [6, 6.07) is 4.26. The van der Waals surface area contributed by atoms with Crippen molar-refractivity contribution in [2.24, 2.45) is 0 Å². The average molecular weight is 240 g/mol. The number of ether oxygens (including phenoxy) is 1. The van der Waals surface area contributed by atoms with Crippen LogP contribution in [-0.2, 0) is 9.53 Å². The number of anilines is 2. The molecule has 94 valence electrons. The van der Waals surface area contributed by atoms with Crippen LogP contribution in [0.5, 0.6) is 0 Å². The largest absolute Gasteiger partial charge is 0.397 e. The summed E-state index contributed by atoms with van der Waals surface area (Å²) in [7, 11) is 1.52. The van der Waals surface area contributed by atoms with Crippen LogP contribution in [0.25, 0.3) is 0 Å². The van der Waals surface area contributed by atoms with Crippen LogP contribution in [0.3, 0.4) is 0 Å². The number of nitrogens with two attached hydrogens (primary N) is 1. The Bertz CT molecular complexity index is 399. The average Bonchev–Trinajstić information content (AvgIpc) is 2.23. The first kappa shape index (κ1) is 13.4. The molecule has 0 saturated heterocycles. The number of hydrogen-bond acceptors (Lipinski definition) is 3. The fourth-order valence-corrected chi connectivity index (χ4v) is 1.32. The molecule has 1 rings (SSSR count). The fraction of sp³-hybridized carbons (Fsp3) is 0.417. The molecule has 0 aromatic heterocycles. The Morgan fingerprint density at radius 1 is 1.53 bits per heavy atom. The first-order chi connectivity index (χ1) is 7.85. The lowest BCUT2D eigenvalue weighted by atomic mass is 10.0. The molecule has 1 aromatic rings. The standard InChI is InChI=1S/C12H17FN2O2/c1-12(2,17-3)7-10(16)15-11-8(13)5-4-6-9(11)14/h4-6H,7,14H2,1-3H3,(H,15,16). The Labute approximate surface area is 100.0 Å². The first-order valence-electron chi connectivity index (χ1n) is 5.25. The predicted molar refractivity (Wildman–Crippen MR) is 65.1 cm³/mol. The number of nitrogen functional groups attached to an aromatic ring is 1. The van der Waals surface area contributed by atoms with E-state index in [0.717, 1.165) is 0 Å². The quantitative estimate of drug-likeness (QED) is 0.793. The van der Waals surface area contributed by atoms with E-state index in [2.05, 4.69) is 5.32 Å². The predicted octanol–water partition coefficient (Wildman–Crippen LogP) is 2.16. The summed E-state index contributed by atoms with van der Waals surface area (Å²) in [5, 5.41) is 2.45. The van der Waals surface area contributed by atoms with Crippen LogP contribution < -0.4 is 11.1 Å². The zero-order valence-electron chi connectivity index (χ0n) is 10.2. The molecule has 1 amide bonds. The van der Waals surface area contributed by atoms with E-state index in [9.17, 15) is 9.18 Å². The minimum absolute atomic E-state index is 0.0180. The Kier molecular flexibility index (Phi) is 4.07. The lowest BCUT2D eigenvalue weighted by Crippen LogP contribution is -2.29. The number of benzene rings is 1. The maximum atomic E-state index is 13.4. The minimum atomic E-state index is -0.593. The highest BCUT2D eigenvalue weighted by Gasteiger charge is 2.22. The summed E-state index contributed by atoms with van der Waals surface area (Å²) in [5.74, 6) is -0.887. The van der Waals surface area contributed by atoms with Gasteiger partial charge in [0.15, 0.2) is 0 Å². The topological polar surface area (TPSA) is 64.3 Å². The van der Waals surface area contributed by atoms with Gasteiger partial charge in [0.2, 0.25) is 5.91 Å². The van der Waals surface area contributed by atoms with Crippen molar-refractivity contribution in [2.75, 3.05) is 18.2 Å². The highest BCUT2D eigenvalue weighted by atomic mass is 19.1. The second kappa shape index (κ2) is 5.14. The van der Waals surface area contributed by atoms with Crippen molar-refractivity contribution < 1.29 is 13.9 Å². The molecule has 0 saturated carbocycles. The van der Waals surface area contributed by atoms with E-state index in [-0.39, 0.29) is 23.7 Å². The number of amides is 1. The highest BCUT2D eigenvalue weighted by Crippen LogP contribution is 2.23. The van der Waals surface area contributed by atoms with E-state index in [1.165, 1.54) is 25.3 Å². The van der Waals surface area contributed by atoms with E-state index in [1.54, 1.807) is 13.8 Å². The number of para-hydroxylation sites is 1. The van der Waals surface area contributed by atoms with Crippen LogP contribution >= 0.6 is 0 Å². The van der Waals surface area contributed by atoms with Crippen LogP contribution in [0.2, 0.25) is 0 Å². The molecule has 0 unspecified atom stereocenters. The molecule has 17 heavy (non-hydrogen) atoms. The normalized spacial score (nSPS) is 11.3. The molecule has 5 heteroatoms. The van der Waals surface area contributed by atoms with Crippen LogP contribution in [-0.4, -0.2) is 18.6 Å². The SMILES string of the molecule is COC(C)(C)CC(=O)Nc1c(N)cccc1F. The molecule has 0 bridgehead atoms. The first-order valence-corrected chi connectivity index (χ1v) is 5.25. The molecule has 3 N–H and O–H groups in total. The molecular weight excluding hydrogens is 223 g/mol. The molecule has 4 nitrogen and oxygen atoms in total. The van der Waals surface area contributed by atoms with Gasteiger partial charge in [0, 0.05) is 7.11 Å². The van der Waals surface area contributed by atoms with Gasteiger partial charge in [0.05, 0.1) is 17.7 Å². The third-order valence-electron chi connectivity index (χ3n) is 2.45. The summed E-state index contributed by atoms with van der Waals surface area (Å²) >= 11 is 0. The Balaban J connectivity index is 2.75. The van der Waals surface area contributed by atoms with Gasteiger partial charge in [0.25, 0.3) is 0 Å². The molecule has 0 spiro atoms. The maximum absolute atomic E-state index is 13.4. The zero-order valence-corrected chi connectivity index (χ0v) is 10.2. The second-order valence-electron chi connectivity index (χ2n) is 4.39. The number of carbonyl (C=O) groups excluding carboxylic acids is 1.